The van der Waals surface area contributed by atoms with Gasteiger partial charge in [-0.15, -0.1) is 0 Å². The monoisotopic (exact) mass is 250 g/mol. The number of nitrogens with two attached hydrogens (primary N) is 1. The van der Waals surface area contributed by atoms with Crippen LogP contribution in [0.25, 0.3) is 0 Å². The van der Waals surface area contributed by atoms with Crippen LogP contribution >= 0.6 is 0 Å². The molecule has 0 bridgehead atoms. The van der Waals surface area contributed by atoms with Crippen LogP contribution in [0, 0.1) is 5.92 Å². The van der Waals surface area contributed by atoms with Gasteiger partial charge in [-0.2, -0.15) is 5.10 Å². The van der Waals surface area contributed by atoms with Crippen LogP contribution in [0.2, 0.25) is 0 Å². The largest absolute Gasteiger partial charge is 0.370 e. The lowest BCUT2D eigenvalue weighted by Gasteiger charge is -2.30. The second kappa shape index (κ2) is 5.84. The molecule has 2 heterocycles. The average Bonchev–Trinajstić information content (AvgIpc) is 2.84. The van der Waals surface area contributed by atoms with Crippen LogP contribution in [0.4, 0.5) is 0 Å². The molecular formula is C12H22N6. The van der Waals surface area contributed by atoms with Gasteiger partial charge in [0.05, 0.1) is 0 Å². The van der Waals surface area contributed by atoms with Crippen LogP contribution in [-0.2, 0) is 13.1 Å². The van der Waals surface area contributed by atoms with Crippen LogP contribution < -0.4 is 5.73 Å². The van der Waals surface area contributed by atoms with E-state index in [9.17, 15) is 0 Å². The highest BCUT2D eigenvalue weighted by molar-refractivity contribution is 5.78. The Morgan fingerprint density at radius 1 is 1.50 bits per heavy atom. The summed E-state index contributed by atoms with van der Waals surface area (Å²) in [5, 5.41) is 4.12. The highest BCUT2D eigenvalue weighted by atomic mass is 15.3. The predicted molar refractivity (Wildman–Crippen MR) is 71.0 cm³/mol. The van der Waals surface area contributed by atoms with Crippen molar-refractivity contribution in [3.63, 3.8) is 0 Å². The number of hydrogen-bond donors (Lipinski definition) is 1. The van der Waals surface area contributed by atoms with E-state index in [4.69, 9.17) is 5.73 Å². The fourth-order valence-corrected chi connectivity index (χ4v) is 2.16. The number of guanidine groups is 1. The summed E-state index contributed by atoms with van der Waals surface area (Å²) in [5.41, 5.74) is 6.02. The molecule has 1 fully saturated rings. The van der Waals surface area contributed by atoms with Crippen molar-refractivity contribution < 1.29 is 0 Å². The van der Waals surface area contributed by atoms with Crippen molar-refractivity contribution in [3.8, 4) is 0 Å². The first-order chi connectivity index (χ1) is 8.70. The van der Waals surface area contributed by atoms with Gasteiger partial charge in [0.1, 0.15) is 18.7 Å². The molecule has 0 radical (unpaired) electrons. The molecule has 0 unspecified atom stereocenters. The Labute approximate surface area is 108 Å². The van der Waals surface area contributed by atoms with E-state index in [-0.39, 0.29) is 0 Å². The molecule has 18 heavy (non-hydrogen) atoms. The molecule has 0 aliphatic carbocycles. The van der Waals surface area contributed by atoms with Crippen LogP contribution in [0.1, 0.15) is 32.5 Å². The summed E-state index contributed by atoms with van der Waals surface area (Å²) in [6.07, 6.45) is 3.95. The second-order valence-electron chi connectivity index (χ2n) is 4.84. The molecule has 2 rings (SSSR count). The maximum absolute atomic E-state index is 6.02. The Bertz CT molecular complexity index is 402. The molecule has 0 aromatic carbocycles. The van der Waals surface area contributed by atoms with Crippen molar-refractivity contribution >= 4 is 5.96 Å². The molecule has 0 amide bonds. The summed E-state index contributed by atoms with van der Waals surface area (Å²) in [6.45, 7) is 7.66. The Balaban J connectivity index is 1.92. The summed E-state index contributed by atoms with van der Waals surface area (Å²) >= 11 is 0. The molecule has 1 aliphatic rings. The van der Waals surface area contributed by atoms with Crippen molar-refractivity contribution in [2.45, 2.75) is 39.8 Å². The molecule has 1 aromatic rings. The van der Waals surface area contributed by atoms with Crippen molar-refractivity contribution in [3.05, 3.63) is 12.2 Å². The Morgan fingerprint density at radius 3 is 2.89 bits per heavy atom. The molecule has 0 saturated carbocycles. The molecule has 0 spiro atoms. The molecule has 1 saturated heterocycles. The standard InChI is InChI=1S/C12H22N6/c1-3-18-11(15-9-16-18)8-14-12(13)17-6-4-10(2)5-7-17/h9-10H,3-8H2,1-2H3,(H2,13,14). The molecule has 6 nitrogen and oxygen atoms in total. The number of aromatic nitrogens is 3. The van der Waals surface area contributed by atoms with Gasteiger partial charge in [0.15, 0.2) is 5.96 Å². The van der Waals surface area contributed by atoms with Crippen LogP contribution in [-0.4, -0.2) is 38.7 Å². The highest BCUT2D eigenvalue weighted by Crippen LogP contribution is 2.15. The maximum atomic E-state index is 6.02. The smallest absolute Gasteiger partial charge is 0.191 e. The molecule has 0 atom stereocenters. The van der Waals surface area contributed by atoms with Crippen LogP contribution in [0.15, 0.2) is 11.3 Å². The van der Waals surface area contributed by atoms with Crippen LogP contribution in [0.3, 0.4) is 0 Å². The fourth-order valence-electron chi connectivity index (χ4n) is 2.16. The van der Waals surface area contributed by atoms with Gasteiger partial charge < -0.3 is 10.6 Å². The minimum absolute atomic E-state index is 0.506. The number of likely N-dealkylation sites (tertiary alicyclic amines) is 1. The predicted octanol–water partition coefficient (Wildman–Crippen LogP) is 0.845. The van der Waals surface area contributed by atoms with Gasteiger partial charge in [0, 0.05) is 19.6 Å². The van der Waals surface area contributed by atoms with Crippen LogP contribution in [0.5, 0.6) is 0 Å². The second-order valence-corrected chi connectivity index (χ2v) is 4.84. The van der Waals surface area contributed by atoms with E-state index in [1.165, 1.54) is 12.8 Å². The summed E-state index contributed by atoms with van der Waals surface area (Å²) in [6, 6.07) is 0. The van der Waals surface area contributed by atoms with E-state index in [1.807, 2.05) is 11.6 Å². The van der Waals surface area contributed by atoms with Crippen molar-refractivity contribution in [2.75, 3.05) is 13.1 Å². The number of nitrogens with zero attached hydrogens (tertiary/aromatic N) is 5. The van der Waals surface area contributed by atoms with Gasteiger partial charge >= 0.3 is 0 Å². The number of piperidine rings is 1. The zero-order chi connectivity index (χ0) is 13.0. The topological polar surface area (TPSA) is 72.3 Å². The van der Waals surface area contributed by atoms with E-state index in [0.29, 0.717) is 12.5 Å². The van der Waals surface area contributed by atoms with E-state index in [0.717, 1.165) is 31.4 Å². The molecule has 6 heteroatoms. The first kappa shape index (κ1) is 12.9. The van der Waals surface area contributed by atoms with Gasteiger partial charge in [0.2, 0.25) is 0 Å². The van der Waals surface area contributed by atoms with E-state index >= 15 is 0 Å². The third-order valence-electron chi connectivity index (χ3n) is 3.49. The summed E-state index contributed by atoms with van der Waals surface area (Å²) in [7, 11) is 0. The van der Waals surface area contributed by atoms with Gasteiger partial charge in [-0.05, 0) is 25.7 Å². The van der Waals surface area contributed by atoms with Gasteiger partial charge in [-0.25, -0.2) is 14.7 Å². The minimum atomic E-state index is 0.506. The Kier molecular flexibility index (Phi) is 4.17. The van der Waals surface area contributed by atoms with Gasteiger partial charge in [-0.3, -0.25) is 0 Å². The summed E-state index contributed by atoms with van der Waals surface area (Å²) in [5.74, 6) is 2.30. The zero-order valence-corrected chi connectivity index (χ0v) is 11.2. The Hall–Kier alpha value is -1.59. The quantitative estimate of drug-likeness (QED) is 0.637. The minimum Gasteiger partial charge on any atom is -0.370 e. The summed E-state index contributed by atoms with van der Waals surface area (Å²) < 4.78 is 1.84. The lowest BCUT2D eigenvalue weighted by atomic mass is 10.00. The SMILES string of the molecule is CCn1ncnc1CN=C(N)N1CCC(C)CC1. The number of aliphatic imine (C=N–C) groups is 1. The molecule has 2 N–H and O–H groups in total. The third kappa shape index (κ3) is 3.00. The zero-order valence-electron chi connectivity index (χ0n) is 11.2. The van der Waals surface area contributed by atoms with Gasteiger partial charge in [-0.1, -0.05) is 6.92 Å². The first-order valence-corrected chi connectivity index (χ1v) is 6.62. The molecular weight excluding hydrogens is 228 g/mol. The molecule has 1 aromatic heterocycles. The normalized spacial score (nSPS) is 18.3. The average molecular weight is 250 g/mol. The van der Waals surface area contributed by atoms with Gasteiger partial charge in [0.25, 0.3) is 0 Å². The van der Waals surface area contributed by atoms with Crippen molar-refractivity contribution in [1.82, 2.24) is 19.7 Å². The lowest BCUT2D eigenvalue weighted by molar-refractivity contribution is 0.277. The highest BCUT2D eigenvalue weighted by Gasteiger charge is 2.17. The van der Waals surface area contributed by atoms with Crippen molar-refractivity contribution in [1.29, 1.82) is 0 Å². The van der Waals surface area contributed by atoms with E-state index in [1.54, 1.807) is 6.33 Å². The molecule has 100 valence electrons. The maximum Gasteiger partial charge on any atom is 0.191 e. The summed E-state index contributed by atoms with van der Waals surface area (Å²) in [4.78, 5) is 10.8. The van der Waals surface area contributed by atoms with E-state index < -0.39 is 0 Å². The van der Waals surface area contributed by atoms with E-state index in [2.05, 4.69) is 26.9 Å². The third-order valence-corrected chi connectivity index (χ3v) is 3.49. The molecule has 1 aliphatic heterocycles. The number of rotatable bonds is 3. The number of aryl methyl sites for hydroxylation is 1. The Morgan fingerprint density at radius 2 is 2.22 bits per heavy atom. The number of hydrogen-bond acceptors (Lipinski definition) is 3. The fraction of sp³-hybridized carbons (Fsp3) is 0.750. The van der Waals surface area contributed by atoms with Crippen molar-refractivity contribution in [2.24, 2.45) is 16.6 Å². The first-order valence-electron chi connectivity index (χ1n) is 6.62. The lowest BCUT2D eigenvalue weighted by Crippen LogP contribution is -2.42.